The number of amides is 1. The highest BCUT2D eigenvalue weighted by Crippen LogP contribution is 2.38. The highest BCUT2D eigenvalue weighted by atomic mass is 32.1. The van der Waals surface area contributed by atoms with Gasteiger partial charge in [0.05, 0.1) is 18.7 Å². The zero-order chi connectivity index (χ0) is 23.7. The normalized spacial score (nSPS) is 21.5. The highest BCUT2D eigenvalue weighted by molar-refractivity contribution is 7.15. The number of ether oxygens (including phenoxy) is 3. The number of hydrogen-bond acceptors (Lipinski definition) is 7. The fourth-order valence-corrected chi connectivity index (χ4v) is 5.29. The van der Waals surface area contributed by atoms with Crippen LogP contribution in [0.1, 0.15) is 46.7 Å². The van der Waals surface area contributed by atoms with E-state index in [4.69, 9.17) is 14.2 Å². The average Bonchev–Trinajstić information content (AvgIpc) is 3.51. The molecule has 2 aliphatic rings. The number of carbonyl (C=O) groups excluding carboxylic acids is 2. The van der Waals surface area contributed by atoms with E-state index in [1.165, 1.54) is 30.2 Å². The van der Waals surface area contributed by atoms with E-state index in [-0.39, 0.29) is 18.0 Å². The van der Waals surface area contributed by atoms with Gasteiger partial charge in [-0.3, -0.25) is 9.59 Å². The Morgan fingerprint density at radius 1 is 1.21 bits per heavy atom. The number of benzene rings is 2. The molecule has 0 radical (unpaired) electrons. The molecule has 176 valence electrons. The van der Waals surface area contributed by atoms with Gasteiger partial charge in [0.15, 0.2) is 0 Å². The molecule has 1 amide bonds. The molecule has 2 atom stereocenters. The first-order valence-corrected chi connectivity index (χ1v) is 12.1. The molecule has 2 aromatic carbocycles. The van der Waals surface area contributed by atoms with Crippen LogP contribution in [0, 0.1) is 5.41 Å². The highest BCUT2D eigenvalue weighted by Gasteiger charge is 2.43. The second-order valence-electron chi connectivity index (χ2n) is 8.95. The largest absolute Gasteiger partial charge is 0.485 e. The summed E-state index contributed by atoms with van der Waals surface area (Å²) in [6.45, 7) is 2.67. The van der Waals surface area contributed by atoms with Crippen molar-refractivity contribution in [2.24, 2.45) is 5.41 Å². The Bertz CT molecular complexity index is 1210. The molecule has 34 heavy (non-hydrogen) atoms. The van der Waals surface area contributed by atoms with Crippen LogP contribution in [0.3, 0.4) is 0 Å². The molecule has 0 saturated carbocycles. The number of likely N-dealkylation sites (tertiary alicyclic amines) is 1. The molecule has 7 nitrogen and oxygen atoms in total. The first-order valence-electron chi connectivity index (χ1n) is 11.3. The van der Waals surface area contributed by atoms with Crippen molar-refractivity contribution < 1.29 is 23.8 Å². The van der Waals surface area contributed by atoms with Gasteiger partial charge in [-0.25, -0.2) is 4.98 Å². The van der Waals surface area contributed by atoms with Crippen LogP contribution >= 0.6 is 11.3 Å². The number of fused-ring (bicyclic) bond motifs is 1. The monoisotopic (exact) mass is 478 g/mol. The Hall–Kier alpha value is -3.39. The van der Waals surface area contributed by atoms with Crippen molar-refractivity contribution in [2.45, 2.75) is 32.3 Å². The lowest BCUT2D eigenvalue weighted by Gasteiger charge is -2.26. The molecule has 1 fully saturated rings. The molecule has 0 spiro atoms. The molecule has 2 aliphatic heterocycles. The van der Waals surface area contributed by atoms with Crippen LogP contribution in [0.25, 0.3) is 0 Å². The Morgan fingerprint density at radius 2 is 2.03 bits per heavy atom. The summed E-state index contributed by atoms with van der Waals surface area (Å²) >= 11 is 1.20. The summed E-state index contributed by atoms with van der Waals surface area (Å²) in [5, 5.41) is 0.400. The summed E-state index contributed by atoms with van der Waals surface area (Å²) in [5.74, 6) is 1.09. The second-order valence-corrected chi connectivity index (χ2v) is 9.94. The van der Waals surface area contributed by atoms with Crippen LogP contribution in [0.15, 0.2) is 54.7 Å². The molecule has 1 aromatic heterocycles. The van der Waals surface area contributed by atoms with Gasteiger partial charge in [0.1, 0.15) is 22.5 Å². The minimum absolute atomic E-state index is 0.0552. The van der Waals surface area contributed by atoms with E-state index >= 15 is 0 Å². The minimum atomic E-state index is -0.668. The third-order valence-electron chi connectivity index (χ3n) is 6.49. The third kappa shape index (κ3) is 4.37. The van der Waals surface area contributed by atoms with Crippen molar-refractivity contribution in [3.63, 3.8) is 0 Å². The molecular weight excluding hydrogens is 452 g/mol. The van der Waals surface area contributed by atoms with Gasteiger partial charge in [0.2, 0.25) is 0 Å². The molecule has 0 bridgehead atoms. The van der Waals surface area contributed by atoms with E-state index in [1.54, 1.807) is 4.90 Å². The van der Waals surface area contributed by atoms with Gasteiger partial charge in [-0.2, -0.15) is 0 Å². The number of esters is 1. The number of thiazole rings is 1. The lowest BCUT2D eigenvalue weighted by Crippen LogP contribution is -2.35. The first-order chi connectivity index (χ1) is 16.4. The predicted molar refractivity (Wildman–Crippen MR) is 127 cm³/mol. The maximum Gasteiger partial charge on any atom is 0.313 e. The van der Waals surface area contributed by atoms with Crippen molar-refractivity contribution in [1.82, 2.24) is 9.88 Å². The minimum Gasteiger partial charge on any atom is -0.485 e. The predicted octanol–water partition coefficient (Wildman–Crippen LogP) is 5.03. The maximum absolute atomic E-state index is 12.9. The van der Waals surface area contributed by atoms with Gasteiger partial charge in [-0.15, -0.1) is 0 Å². The zero-order valence-corrected chi connectivity index (χ0v) is 20.0. The van der Waals surface area contributed by atoms with Gasteiger partial charge in [-0.1, -0.05) is 41.7 Å². The van der Waals surface area contributed by atoms with Crippen molar-refractivity contribution in [2.75, 3.05) is 20.2 Å². The van der Waals surface area contributed by atoms with E-state index < -0.39 is 5.41 Å². The van der Waals surface area contributed by atoms with E-state index in [2.05, 4.69) is 17.1 Å². The van der Waals surface area contributed by atoms with Crippen molar-refractivity contribution in [1.29, 1.82) is 0 Å². The smallest absolute Gasteiger partial charge is 0.313 e. The molecule has 5 rings (SSSR count). The van der Waals surface area contributed by atoms with Gasteiger partial charge >= 0.3 is 5.97 Å². The molecular formula is C26H26N2O5S. The summed E-state index contributed by atoms with van der Waals surface area (Å²) < 4.78 is 17.1. The Balaban J connectivity index is 1.23. The molecule has 3 heterocycles. The fraction of sp³-hybridized carbons (Fsp3) is 0.346. The van der Waals surface area contributed by atoms with Gasteiger partial charge in [0.25, 0.3) is 11.1 Å². The number of methoxy groups -OCH3 is 1. The number of nitrogens with zero attached hydrogens (tertiary/aromatic N) is 2. The molecule has 3 aromatic rings. The molecule has 0 aliphatic carbocycles. The Morgan fingerprint density at radius 3 is 2.82 bits per heavy atom. The topological polar surface area (TPSA) is 78.0 Å². The lowest BCUT2D eigenvalue weighted by molar-refractivity contribution is -0.150. The van der Waals surface area contributed by atoms with Crippen LogP contribution in [0.4, 0.5) is 0 Å². The van der Waals surface area contributed by atoms with E-state index in [9.17, 15) is 9.59 Å². The number of aromatic nitrogens is 1. The fourth-order valence-electron chi connectivity index (χ4n) is 4.54. The molecule has 0 N–H and O–H groups in total. The summed E-state index contributed by atoms with van der Waals surface area (Å²) in [5.41, 5.74) is 1.61. The van der Waals surface area contributed by atoms with E-state index in [0.717, 1.165) is 24.2 Å². The second kappa shape index (κ2) is 9.10. The maximum atomic E-state index is 12.9. The lowest BCUT2D eigenvalue weighted by atomic mass is 9.90. The summed E-state index contributed by atoms with van der Waals surface area (Å²) in [7, 11) is 1.37. The average molecular weight is 479 g/mol. The molecule has 8 heteroatoms. The number of hydrogen-bond donors (Lipinski definition) is 0. The van der Waals surface area contributed by atoms with Crippen LogP contribution in [0.5, 0.6) is 16.7 Å². The Labute approximate surface area is 202 Å². The van der Waals surface area contributed by atoms with Crippen LogP contribution in [-0.2, 0) is 16.0 Å². The van der Waals surface area contributed by atoms with Gasteiger partial charge in [-0.05, 0) is 55.5 Å². The van der Waals surface area contributed by atoms with Crippen molar-refractivity contribution in [3.8, 4) is 16.7 Å². The van der Waals surface area contributed by atoms with Gasteiger partial charge < -0.3 is 19.1 Å². The molecule has 1 saturated heterocycles. The third-order valence-corrected chi connectivity index (χ3v) is 7.35. The van der Waals surface area contributed by atoms with Crippen molar-refractivity contribution in [3.05, 3.63) is 70.7 Å². The SMILES string of the molecule is COC(=O)C1(C)CCN(C(=O)c2cnc(Oc3ccc4c(c3)CC[C@@H](c3ccccc3)O4)s2)C1. The van der Waals surface area contributed by atoms with Gasteiger partial charge in [0, 0.05) is 13.1 Å². The number of rotatable bonds is 5. The summed E-state index contributed by atoms with van der Waals surface area (Å²) in [6.07, 6.45) is 3.95. The first kappa shape index (κ1) is 22.4. The quantitative estimate of drug-likeness (QED) is 0.479. The summed E-state index contributed by atoms with van der Waals surface area (Å²) in [4.78, 5) is 31.4. The van der Waals surface area contributed by atoms with E-state index in [1.807, 2.05) is 43.3 Å². The van der Waals surface area contributed by atoms with Crippen LogP contribution in [-0.4, -0.2) is 42.0 Å². The molecule has 1 unspecified atom stereocenters. The number of aryl methyl sites for hydroxylation is 1. The Kier molecular flexibility index (Phi) is 6.00. The van der Waals surface area contributed by atoms with Crippen LogP contribution < -0.4 is 9.47 Å². The standard InChI is InChI=1S/C26H26N2O5S/c1-26(24(30)31-2)12-13-28(16-26)23(29)22-15-27-25(34-22)32-19-9-11-21-18(14-19)8-10-20(33-21)17-6-4-3-5-7-17/h3-7,9,11,14-15,20H,8,10,12-13,16H2,1-2H3/t20-,26?/m0/s1. The summed E-state index contributed by atoms with van der Waals surface area (Å²) in [6, 6.07) is 16.0. The number of carbonyl (C=O) groups is 2. The van der Waals surface area contributed by atoms with Crippen molar-refractivity contribution >= 4 is 23.2 Å². The zero-order valence-electron chi connectivity index (χ0n) is 19.2. The van der Waals surface area contributed by atoms with E-state index in [0.29, 0.717) is 35.3 Å². The van der Waals surface area contributed by atoms with Crippen LogP contribution in [0.2, 0.25) is 0 Å².